The second-order valence-corrected chi connectivity index (χ2v) is 6.54. The average Bonchev–Trinajstić information content (AvgIpc) is 2.45. The van der Waals surface area contributed by atoms with E-state index in [0.29, 0.717) is 11.3 Å². The summed E-state index contributed by atoms with van der Waals surface area (Å²) in [7, 11) is -2.01. The van der Waals surface area contributed by atoms with E-state index in [9.17, 15) is 13.2 Å². The summed E-state index contributed by atoms with van der Waals surface area (Å²) in [5.41, 5.74) is 6.17. The number of benzene rings is 1. The second kappa shape index (κ2) is 7.91. The zero-order valence-electron chi connectivity index (χ0n) is 11.5. The maximum Gasteiger partial charge on any atom is 0.257 e. The van der Waals surface area contributed by atoms with Crippen LogP contribution >= 0.6 is 12.2 Å². The molecule has 0 aromatic heterocycles. The largest absolute Gasteiger partial charge is 0.484 e. The maximum absolute atomic E-state index is 11.5. The summed E-state index contributed by atoms with van der Waals surface area (Å²) in [5.74, 6) is -0.0922. The van der Waals surface area contributed by atoms with Crippen LogP contribution in [0.4, 0.5) is 0 Å². The molecule has 1 amide bonds. The molecule has 0 spiro atoms. The predicted molar refractivity (Wildman–Crippen MR) is 83.7 cm³/mol. The summed E-state index contributed by atoms with van der Waals surface area (Å²) in [6, 6.07) is 6.67. The van der Waals surface area contributed by atoms with Crippen LogP contribution in [0.25, 0.3) is 0 Å². The molecule has 0 fully saturated rings. The van der Waals surface area contributed by atoms with Gasteiger partial charge in [0, 0.05) is 12.1 Å². The molecule has 0 unspecified atom stereocenters. The minimum absolute atomic E-state index is 0.0196. The van der Waals surface area contributed by atoms with Gasteiger partial charge in [-0.05, 0) is 31.3 Å². The Morgan fingerprint density at radius 2 is 1.95 bits per heavy atom. The lowest BCUT2D eigenvalue weighted by Gasteiger charge is -2.08. The lowest BCUT2D eigenvalue weighted by atomic mass is 10.2. The number of hydrogen-bond donors (Lipinski definition) is 3. The first-order valence-corrected chi connectivity index (χ1v) is 8.10. The number of nitrogens with one attached hydrogen (secondary N) is 2. The van der Waals surface area contributed by atoms with Crippen molar-refractivity contribution in [3.63, 3.8) is 0 Å². The number of carbonyl (C=O) groups is 1. The lowest BCUT2D eigenvalue weighted by Crippen LogP contribution is -2.35. The summed E-state index contributed by atoms with van der Waals surface area (Å²) in [4.78, 5) is 11.8. The molecule has 0 atom stereocenters. The number of sulfonamides is 1. The Bertz CT molecular complexity index is 599. The van der Waals surface area contributed by atoms with E-state index in [1.807, 2.05) is 0 Å². The van der Waals surface area contributed by atoms with Gasteiger partial charge in [-0.3, -0.25) is 4.79 Å². The molecule has 0 saturated heterocycles. The maximum atomic E-state index is 11.5. The summed E-state index contributed by atoms with van der Waals surface area (Å²) in [6.07, 6.45) is 0. The first-order chi connectivity index (χ1) is 9.84. The molecule has 0 bridgehead atoms. The first-order valence-electron chi connectivity index (χ1n) is 6.04. The molecule has 116 valence electrons. The minimum atomic E-state index is -3.32. The Labute approximate surface area is 128 Å². The van der Waals surface area contributed by atoms with E-state index in [-0.39, 0.29) is 23.9 Å². The van der Waals surface area contributed by atoms with Gasteiger partial charge in [0.25, 0.3) is 5.91 Å². The van der Waals surface area contributed by atoms with Gasteiger partial charge in [0.15, 0.2) is 6.61 Å². The molecule has 0 aliphatic carbocycles. The van der Waals surface area contributed by atoms with E-state index < -0.39 is 15.9 Å². The molecule has 0 aliphatic heterocycles. The van der Waals surface area contributed by atoms with Crippen molar-refractivity contribution in [1.29, 1.82) is 0 Å². The third-order valence-electron chi connectivity index (χ3n) is 2.51. The Morgan fingerprint density at radius 3 is 2.48 bits per heavy atom. The number of hydrogen-bond acceptors (Lipinski definition) is 5. The Balaban J connectivity index is 2.34. The molecular weight excluding hydrogens is 314 g/mol. The van der Waals surface area contributed by atoms with Crippen LogP contribution in [0.1, 0.15) is 5.56 Å². The molecular formula is C12H17N3O4S2. The molecule has 9 heteroatoms. The number of carbonyl (C=O) groups excluding carboxylic acids is 1. The monoisotopic (exact) mass is 331 g/mol. The molecule has 21 heavy (non-hydrogen) atoms. The third-order valence-corrected chi connectivity index (χ3v) is 4.11. The summed E-state index contributed by atoms with van der Waals surface area (Å²) >= 11 is 4.82. The zero-order valence-corrected chi connectivity index (χ0v) is 13.1. The highest BCUT2D eigenvalue weighted by atomic mass is 32.2. The minimum Gasteiger partial charge on any atom is -0.484 e. The average molecular weight is 331 g/mol. The highest BCUT2D eigenvalue weighted by molar-refractivity contribution is 7.89. The van der Waals surface area contributed by atoms with Crippen LogP contribution in [-0.2, 0) is 14.8 Å². The highest BCUT2D eigenvalue weighted by Gasteiger charge is 2.08. The fraction of sp³-hybridized carbons (Fsp3) is 0.333. The summed E-state index contributed by atoms with van der Waals surface area (Å²) < 4.78 is 29.7. The van der Waals surface area contributed by atoms with Crippen molar-refractivity contribution in [3.8, 4) is 5.75 Å². The van der Waals surface area contributed by atoms with Crippen molar-refractivity contribution in [2.45, 2.75) is 0 Å². The van der Waals surface area contributed by atoms with E-state index in [4.69, 9.17) is 22.7 Å². The van der Waals surface area contributed by atoms with Crippen molar-refractivity contribution >= 4 is 33.1 Å². The molecule has 1 rings (SSSR count). The van der Waals surface area contributed by atoms with Crippen molar-refractivity contribution in [1.82, 2.24) is 10.0 Å². The topological polar surface area (TPSA) is 111 Å². The van der Waals surface area contributed by atoms with E-state index in [1.165, 1.54) is 7.05 Å². The van der Waals surface area contributed by atoms with Gasteiger partial charge in [-0.2, -0.15) is 0 Å². The summed E-state index contributed by atoms with van der Waals surface area (Å²) in [5, 5.41) is 2.45. The van der Waals surface area contributed by atoms with Crippen LogP contribution < -0.4 is 20.5 Å². The van der Waals surface area contributed by atoms with Gasteiger partial charge in [0.2, 0.25) is 10.0 Å². The van der Waals surface area contributed by atoms with Crippen LogP contribution in [0.5, 0.6) is 5.75 Å². The molecule has 0 saturated carbocycles. The standard InChI is InChI=1S/C12H17N3O4S2/c1-14-21(17,18)7-6-15-11(16)8-19-10-4-2-9(3-5-10)12(13)20/h2-5,14H,6-8H2,1H3,(H2,13,20)(H,15,16). The molecule has 1 aromatic rings. The van der Waals surface area contributed by atoms with Crippen LogP contribution in [0.2, 0.25) is 0 Å². The van der Waals surface area contributed by atoms with Crippen molar-refractivity contribution in [2.24, 2.45) is 5.73 Å². The van der Waals surface area contributed by atoms with E-state index in [2.05, 4.69) is 10.0 Å². The number of rotatable bonds is 8. The molecule has 0 radical (unpaired) electrons. The fourth-order valence-electron chi connectivity index (χ4n) is 1.34. The van der Waals surface area contributed by atoms with Crippen LogP contribution in [0.15, 0.2) is 24.3 Å². The third kappa shape index (κ3) is 6.52. The first kappa shape index (κ1) is 17.3. The van der Waals surface area contributed by atoms with Crippen molar-refractivity contribution in [2.75, 3.05) is 26.0 Å². The Morgan fingerprint density at radius 1 is 1.33 bits per heavy atom. The van der Waals surface area contributed by atoms with Crippen LogP contribution in [0.3, 0.4) is 0 Å². The predicted octanol–water partition coefficient (Wildman–Crippen LogP) is -0.635. The Hall–Kier alpha value is -1.71. The quantitative estimate of drug-likeness (QED) is 0.547. The Kier molecular flexibility index (Phi) is 6.53. The SMILES string of the molecule is CNS(=O)(=O)CCNC(=O)COc1ccc(C(N)=S)cc1. The van der Waals surface area contributed by atoms with Gasteiger partial charge in [-0.15, -0.1) is 0 Å². The second-order valence-electron chi connectivity index (χ2n) is 4.05. The van der Waals surface area contributed by atoms with Crippen molar-refractivity contribution in [3.05, 3.63) is 29.8 Å². The normalized spacial score (nSPS) is 10.9. The smallest absolute Gasteiger partial charge is 0.257 e. The zero-order chi connectivity index (χ0) is 15.9. The molecule has 0 aliphatic rings. The van der Waals surface area contributed by atoms with Crippen LogP contribution in [0, 0.1) is 0 Å². The van der Waals surface area contributed by atoms with Gasteiger partial charge >= 0.3 is 0 Å². The number of amides is 1. The van der Waals surface area contributed by atoms with E-state index in [1.54, 1.807) is 24.3 Å². The van der Waals surface area contributed by atoms with E-state index in [0.717, 1.165) is 0 Å². The molecule has 7 nitrogen and oxygen atoms in total. The van der Waals surface area contributed by atoms with Gasteiger partial charge < -0.3 is 15.8 Å². The number of nitrogens with two attached hydrogens (primary N) is 1. The van der Waals surface area contributed by atoms with Gasteiger partial charge in [0.1, 0.15) is 10.7 Å². The fourth-order valence-corrected chi connectivity index (χ4v) is 2.05. The molecule has 0 heterocycles. The lowest BCUT2D eigenvalue weighted by molar-refractivity contribution is -0.122. The van der Waals surface area contributed by atoms with Gasteiger partial charge in [-0.1, -0.05) is 12.2 Å². The number of thiocarbonyl (C=S) groups is 1. The van der Waals surface area contributed by atoms with Crippen molar-refractivity contribution < 1.29 is 17.9 Å². The molecule has 4 N–H and O–H groups in total. The van der Waals surface area contributed by atoms with Gasteiger partial charge in [-0.25, -0.2) is 13.1 Å². The van der Waals surface area contributed by atoms with Gasteiger partial charge in [0.05, 0.1) is 5.75 Å². The number of ether oxygens (including phenoxy) is 1. The van der Waals surface area contributed by atoms with Crippen LogP contribution in [-0.4, -0.2) is 45.3 Å². The summed E-state index contributed by atoms with van der Waals surface area (Å²) in [6.45, 7) is -0.183. The highest BCUT2D eigenvalue weighted by Crippen LogP contribution is 2.11. The van der Waals surface area contributed by atoms with E-state index >= 15 is 0 Å². The molecule has 1 aromatic carbocycles.